The van der Waals surface area contributed by atoms with Crippen molar-refractivity contribution in [1.29, 1.82) is 0 Å². The fourth-order valence-corrected chi connectivity index (χ4v) is 4.10. The predicted octanol–water partition coefficient (Wildman–Crippen LogP) is 2.21. The molecular formula is C15H20O3. The van der Waals surface area contributed by atoms with Gasteiger partial charge in [0, 0.05) is 17.4 Å². The van der Waals surface area contributed by atoms with Crippen LogP contribution in [0.15, 0.2) is 24.3 Å². The normalized spacial score (nSPS) is 47.6. The van der Waals surface area contributed by atoms with E-state index in [1.165, 1.54) is 0 Å². The number of ether oxygens (including phenoxy) is 1. The van der Waals surface area contributed by atoms with E-state index in [-0.39, 0.29) is 23.7 Å². The van der Waals surface area contributed by atoms with Gasteiger partial charge in [0.05, 0.1) is 0 Å². The van der Waals surface area contributed by atoms with Gasteiger partial charge in [-0.3, -0.25) is 0 Å². The van der Waals surface area contributed by atoms with E-state index in [0.29, 0.717) is 5.57 Å². The van der Waals surface area contributed by atoms with Gasteiger partial charge in [0.1, 0.15) is 11.7 Å². The van der Waals surface area contributed by atoms with Crippen molar-refractivity contribution < 1.29 is 14.6 Å². The minimum Gasteiger partial charge on any atom is -0.455 e. The summed E-state index contributed by atoms with van der Waals surface area (Å²) in [6.07, 6.45) is 3.17. The quantitative estimate of drug-likeness (QED) is 0.406. The lowest BCUT2D eigenvalue weighted by Gasteiger charge is -2.38. The Labute approximate surface area is 108 Å². The molecule has 18 heavy (non-hydrogen) atoms. The second-order valence-electron chi connectivity index (χ2n) is 6.07. The molecule has 3 nitrogen and oxygen atoms in total. The Morgan fingerprint density at radius 1 is 1.33 bits per heavy atom. The number of carbonyl (C=O) groups excluding carboxylic acids is 1. The highest BCUT2D eigenvalue weighted by Crippen LogP contribution is 2.54. The van der Waals surface area contributed by atoms with Crippen molar-refractivity contribution >= 4 is 5.97 Å². The van der Waals surface area contributed by atoms with Crippen molar-refractivity contribution in [1.82, 2.24) is 0 Å². The summed E-state index contributed by atoms with van der Waals surface area (Å²) in [6, 6.07) is 0. The maximum Gasteiger partial charge on any atom is 0.334 e. The zero-order chi connectivity index (χ0) is 13.1. The fourth-order valence-electron chi connectivity index (χ4n) is 4.10. The van der Waals surface area contributed by atoms with Crippen LogP contribution >= 0.6 is 0 Å². The second-order valence-corrected chi connectivity index (χ2v) is 6.07. The highest BCUT2D eigenvalue weighted by Gasteiger charge is 2.61. The summed E-state index contributed by atoms with van der Waals surface area (Å²) >= 11 is 0. The first-order valence-corrected chi connectivity index (χ1v) is 6.76. The van der Waals surface area contributed by atoms with Gasteiger partial charge in [-0.15, -0.1) is 0 Å². The Morgan fingerprint density at radius 2 is 2.06 bits per heavy atom. The molecule has 0 aromatic rings. The Hall–Kier alpha value is -1.09. The zero-order valence-electron chi connectivity index (χ0n) is 10.8. The molecule has 2 saturated carbocycles. The molecule has 3 rings (SSSR count). The molecule has 98 valence electrons. The number of esters is 1. The van der Waals surface area contributed by atoms with E-state index in [4.69, 9.17) is 4.74 Å². The summed E-state index contributed by atoms with van der Waals surface area (Å²) in [5.41, 5.74) is 0.703. The third-order valence-corrected chi connectivity index (χ3v) is 5.27. The van der Waals surface area contributed by atoms with E-state index in [1.54, 1.807) is 0 Å². The third-order valence-electron chi connectivity index (χ3n) is 5.27. The van der Waals surface area contributed by atoms with Crippen LogP contribution in [-0.2, 0) is 9.53 Å². The predicted molar refractivity (Wildman–Crippen MR) is 67.7 cm³/mol. The number of rotatable bonds is 0. The highest BCUT2D eigenvalue weighted by atomic mass is 16.6. The van der Waals surface area contributed by atoms with Crippen molar-refractivity contribution in [3.05, 3.63) is 24.3 Å². The van der Waals surface area contributed by atoms with E-state index in [1.807, 2.05) is 6.92 Å². The van der Waals surface area contributed by atoms with Gasteiger partial charge in [0.25, 0.3) is 0 Å². The molecule has 3 aliphatic rings. The monoisotopic (exact) mass is 248 g/mol. The molecule has 0 radical (unpaired) electrons. The fraction of sp³-hybridized carbons (Fsp3) is 0.667. The number of aliphatic hydroxyl groups is 1. The van der Waals surface area contributed by atoms with Crippen LogP contribution in [0.3, 0.4) is 0 Å². The molecule has 1 aliphatic heterocycles. The summed E-state index contributed by atoms with van der Waals surface area (Å²) in [5.74, 6) is -0.154. The average Bonchev–Trinajstić information content (AvgIpc) is 2.75. The lowest BCUT2D eigenvalue weighted by molar-refractivity contribution is -0.163. The van der Waals surface area contributed by atoms with Gasteiger partial charge in [-0.2, -0.15) is 0 Å². The zero-order valence-corrected chi connectivity index (χ0v) is 10.8. The lowest BCUT2D eigenvalue weighted by Crippen LogP contribution is -2.51. The van der Waals surface area contributed by atoms with Crippen LogP contribution in [0.4, 0.5) is 0 Å². The molecule has 1 saturated heterocycles. The first-order valence-electron chi connectivity index (χ1n) is 6.76. The molecule has 1 N–H and O–H groups in total. The van der Waals surface area contributed by atoms with E-state index >= 15 is 0 Å². The van der Waals surface area contributed by atoms with Gasteiger partial charge in [-0.05, 0) is 31.6 Å². The van der Waals surface area contributed by atoms with Crippen LogP contribution in [0, 0.1) is 17.8 Å². The molecular weight excluding hydrogens is 228 g/mol. The maximum atomic E-state index is 11.7. The van der Waals surface area contributed by atoms with Crippen LogP contribution in [0.2, 0.25) is 0 Å². The summed E-state index contributed by atoms with van der Waals surface area (Å²) < 4.78 is 5.46. The molecule has 3 fully saturated rings. The average molecular weight is 248 g/mol. The van der Waals surface area contributed by atoms with Crippen molar-refractivity contribution in [2.24, 2.45) is 17.8 Å². The Kier molecular flexibility index (Phi) is 2.46. The van der Waals surface area contributed by atoms with Crippen molar-refractivity contribution in [3.8, 4) is 0 Å². The smallest absolute Gasteiger partial charge is 0.334 e. The number of hydrogen-bond acceptors (Lipinski definition) is 3. The van der Waals surface area contributed by atoms with Gasteiger partial charge < -0.3 is 9.84 Å². The van der Waals surface area contributed by atoms with Crippen LogP contribution in [0.25, 0.3) is 0 Å². The largest absolute Gasteiger partial charge is 0.455 e. The molecule has 2 aliphatic carbocycles. The molecule has 0 spiro atoms. The highest BCUT2D eigenvalue weighted by molar-refractivity contribution is 5.91. The summed E-state index contributed by atoms with van der Waals surface area (Å²) in [4.78, 5) is 11.7. The minimum atomic E-state index is -0.937. The SMILES string of the molecule is C=C1CC[C@H]2C(=C)C(=O)O[C@@H]2[C@]2(O)C1CC[C@@H]2C. The van der Waals surface area contributed by atoms with Gasteiger partial charge in [-0.1, -0.05) is 25.7 Å². The standard InChI is InChI=1S/C15H20O3/c1-8-4-6-11-10(3)14(16)18-13(11)15(17)9(2)5-7-12(8)15/h9,11-13,17H,1,3-7H2,2H3/t9-,11-,12?,13-,15+/m0/s1. The lowest BCUT2D eigenvalue weighted by atomic mass is 9.75. The van der Waals surface area contributed by atoms with Crippen LogP contribution < -0.4 is 0 Å². The Morgan fingerprint density at radius 3 is 2.78 bits per heavy atom. The molecule has 1 heterocycles. The topological polar surface area (TPSA) is 46.5 Å². The third kappa shape index (κ3) is 1.31. The van der Waals surface area contributed by atoms with E-state index < -0.39 is 11.7 Å². The van der Waals surface area contributed by atoms with Gasteiger partial charge in [0.2, 0.25) is 0 Å². The molecule has 0 bridgehead atoms. The second kappa shape index (κ2) is 3.70. The van der Waals surface area contributed by atoms with Crippen molar-refractivity contribution in [2.75, 3.05) is 0 Å². The first-order chi connectivity index (χ1) is 8.46. The number of fused-ring (bicyclic) bond motifs is 3. The molecule has 0 aromatic carbocycles. The van der Waals surface area contributed by atoms with E-state index in [9.17, 15) is 9.90 Å². The van der Waals surface area contributed by atoms with E-state index in [2.05, 4.69) is 13.2 Å². The van der Waals surface area contributed by atoms with Gasteiger partial charge >= 0.3 is 5.97 Å². The van der Waals surface area contributed by atoms with Crippen molar-refractivity contribution in [2.45, 2.75) is 44.3 Å². The van der Waals surface area contributed by atoms with Gasteiger partial charge in [0.15, 0.2) is 0 Å². The molecule has 1 unspecified atom stereocenters. The number of carbonyl (C=O) groups is 1. The van der Waals surface area contributed by atoms with E-state index in [0.717, 1.165) is 31.3 Å². The van der Waals surface area contributed by atoms with Gasteiger partial charge in [-0.25, -0.2) is 4.79 Å². The molecule has 0 amide bonds. The molecule has 5 atom stereocenters. The molecule has 0 aromatic heterocycles. The van der Waals surface area contributed by atoms with Crippen LogP contribution in [0.1, 0.15) is 32.6 Å². The Balaban J connectivity index is 2.07. The maximum absolute atomic E-state index is 11.7. The first kappa shape index (κ1) is 12.0. The van der Waals surface area contributed by atoms with Crippen LogP contribution in [0.5, 0.6) is 0 Å². The summed E-state index contributed by atoms with van der Waals surface area (Å²) in [5, 5.41) is 11.2. The number of hydrogen-bond donors (Lipinski definition) is 1. The molecule has 3 heteroatoms. The van der Waals surface area contributed by atoms with Crippen LogP contribution in [-0.4, -0.2) is 22.8 Å². The minimum absolute atomic E-state index is 0.0372. The Bertz CT molecular complexity index is 439. The summed E-state index contributed by atoms with van der Waals surface area (Å²) in [7, 11) is 0. The van der Waals surface area contributed by atoms with Crippen molar-refractivity contribution in [3.63, 3.8) is 0 Å². The summed E-state index contributed by atoms with van der Waals surface area (Å²) in [6.45, 7) is 10.0.